The summed E-state index contributed by atoms with van der Waals surface area (Å²) in [6.07, 6.45) is 0. The van der Waals surface area contributed by atoms with Gasteiger partial charge in [-0.25, -0.2) is 0 Å². The van der Waals surface area contributed by atoms with Gasteiger partial charge in [-0.15, -0.1) is 0 Å². The van der Waals surface area contributed by atoms with Crippen LogP contribution in [0, 0.1) is 13.8 Å². The Morgan fingerprint density at radius 3 is 2.29 bits per heavy atom. The van der Waals surface area contributed by atoms with Crippen LogP contribution in [-0.4, -0.2) is 10.9 Å². The van der Waals surface area contributed by atoms with Crippen molar-refractivity contribution in [3.8, 4) is 0 Å². The maximum Gasteiger partial charge on any atom is 0.117 e. The van der Waals surface area contributed by atoms with Crippen LogP contribution in [0.25, 0.3) is 0 Å². The van der Waals surface area contributed by atoms with E-state index in [0.717, 1.165) is 16.7 Å². The van der Waals surface area contributed by atoms with Crippen molar-refractivity contribution >= 4 is 5.71 Å². The molecule has 0 unspecified atom stereocenters. The molecule has 0 spiro atoms. The Hall–Kier alpha value is -2.09. The van der Waals surface area contributed by atoms with Gasteiger partial charge in [-0.1, -0.05) is 53.7 Å². The van der Waals surface area contributed by atoms with E-state index in [-0.39, 0.29) is 0 Å². The van der Waals surface area contributed by atoms with Crippen molar-refractivity contribution in [1.82, 2.24) is 0 Å². The lowest BCUT2D eigenvalue weighted by Crippen LogP contribution is -2.06. The first-order chi connectivity index (χ1) is 8.24. The third-order valence-electron chi connectivity index (χ3n) is 3.01. The molecule has 0 bridgehead atoms. The molecule has 0 aliphatic carbocycles. The number of nitrogens with zero attached hydrogens (tertiary/aromatic N) is 1. The van der Waals surface area contributed by atoms with Crippen LogP contribution in [0.2, 0.25) is 0 Å². The zero-order chi connectivity index (χ0) is 12.3. The maximum atomic E-state index is 9.24. The molecule has 2 aromatic carbocycles. The quantitative estimate of drug-likeness (QED) is 0.473. The first-order valence-corrected chi connectivity index (χ1v) is 5.58. The number of aryl methyl sites for hydroxylation is 1. The van der Waals surface area contributed by atoms with Gasteiger partial charge in [0.15, 0.2) is 0 Å². The summed E-state index contributed by atoms with van der Waals surface area (Å²) in [6.45, 7) is 4.09. The molecule has 0 amide bonds. The van der Waals surface area contributed by atoms with Crippen molar-refractivity contribution in [2.75, 3.05) is 0 Å². The summed E-state index contributed by atoms with van der Waals surface area (Å²) in [6, 6.07) is 15.7. The van der Waals surface area contributed by atoms with Crippen LogP contribution in [0.15, 0.2) is 53.7 Å². The fourth-order valence-electron chi connectivity index (χ4n) is 1.87. The summed E-state index contributed by atoms with van der Waals surface area (Å²) in [5, 5.41) is 12.7. The van der Waals surface area contributed by atoms with Crippen LogP contribution in [0.5, 0.6) is 0 Å². The van der Waals surface area contributed by atoms with E-state index in [0.29, 0.717) is 5.71 Å². The van der Waals surface area contributed by atoms with Crippen molar-refractivity contribution in [3.63, 3.8) is 0 Å². The molecule has 0 saturated heterocycles. The van der Waals surface area contributed by atoms with E-state index in [1.54, 1.807) is 0 Å². The zero-order valence-corrected chi connectivity index (χ0v) is 10.0. The summed E-state index contributed by atoms with van der Waals surface area (Å²) >= 11 is 0. The molecule has 1 N–H and O–H groups in total. The van der Waals surface area contributed by atoms with Gasteiger partial charge in [0.1, 0.15) is 5.71 Å². The molecule has 0 aliphatic heterocycles. The summed E-state index contributed by atoms with van der Waals surface area (Å²) in [4.78, 5) is 0. The molecule has 2 rings (SSSR count). The minimum absolute atomic E-state index is 0.617. The average Bonchev–Trinajstić information content (AvgIpc) is 2.37. The number of rotatable bonds is 2. The third kappa shape index (κ3) is 2.21. The second-order valence-corrected chi connectivity index (χ2v) is 4.06. The minimum Gasteiger partial charge on any atom is -0.410 e. The van der Waals surface area contributed by atoms with E-state index < -0.39 is 0 Å². The van der Waals surface area contributed by atoms with E-state index >= 15 is 0 Å². The molecular formula is C15H15NO. The summed E-state index contributed by atoms with van der Waals surface area (Å²) in [5.74, 6) is 0. The number of benzene rings is 2. The summed E-state index contributed by atoms with van der Waals surface area (Å²) < 4.78 is 0. The normalized spacial score (nSPS) is 11.5. The van der Waals surface area contributed by atoms with Gasteiger partial charge in [0.2, 0.25) is 0 Å². The van der Waals surface area contributed by atoms with E-state index in [4.69, 9.17) is 0 Å². The lowest BCUT2D eigenvalue weighted by molar-refractivity contribution is 0.319. The van der Waals surface area contributed by atoms with Gasteiger partial charge in [0.05, 0.1) is 0 Å². The Morgan fingerprint density at radius 1 is 0.941 bits per heavy atom. The molecule has 0 fully saturated rings. The lowest BCUT2D eigenvalue weighted by Gasteiger charge is -2.10. The molecule has 86 valence electrons. The number of oxime groups is 1. The van der Waals surface area contributed by atoms with Crippen molar-refractivity contribution < 1.29 is 5.21 Å². The molecule has 0 aromatic heterocycles. The third-order valence-corrected chi connectivity index (χ3v) is 3.01. The minimum atomic E-state index is 0.617. The van der Waals surface area contributed by atoms with E-state index in [9.17, 15) is 5.21 Å². The smallest absolute Gasteiger partial charge is 0.117 e. The zero-order valence-electron chi connectivity index (χ0n) is 10.0. The molecule has 0 radical (unpaired) electrons. The monoisotopic (exact) mass is 225 g/mol. The van der Waals surface area contributed by atoms with Crippen molar-refractivity contribution in [3.05, 3.63) is 70.8 Å². The van der Waals surface area contributed by atoms with E-state index in [1.165, 1.54) is 5.56 Å². The average molecular weight is 225 g/mol. The second kappa shape index (κ2) is 4.83. The summed E-state index contributed by atoms with van der Waals surface area (Å²) in [5.41, 5.74) is 4.85. The second-order valence-electron chi connectivity index (χ2n) is 4.06. The molecule has 0 aliphatic rings. The molecule has 0 atom stereocenters. The van der Waals surface area contributed by atoms with Gasteiger partial charge in [0, 0.05) is 11.1 Å². The highest BCUT2D eigenvalue weighted by molar-refractivity contribution is 6.13. The Kier molecular flexibility index (Phi) is 3.24. The van der Waals surface area contributed by atoms with Crippen LogP contribution in [-0.2, 0) is 0 Å². The molecular weight excluding hydrogens is 210 g/mol. The number of hydrogen-bond acceptors (Lipinski definition) is 2. The van der Waals surface area contributed by atoms with Gasteiger partial charge in [-0.2, -0.15) is 0 Å². The topological polar surface area (TPSA) is 32.6 Å². The summed E-state index contributed by atoms with van der Waals surface area (Å²) in [7, 11) is 0. The van der Waals surface area contributed by atoms with Crippen molar-refractivity contribution in [2.24, 2.45) is 5.16 Å². The van der Waals surface area contributed by atoms with Gasteiger partial charge in [0.25, 0.3) is 0 Å². The first-order valence-electron chi connectivity index (χ1n) is 5.58. The first kappa shape index (κ1) is 11.4. The maximum absolute atomic E-state index is 9.24. The predicted molar refractivity (Wildman–Crippen MR) is 69.8 cm³/mol. The predicted octanol–water partition coefficient (Wildman–Crippen LogP) is 3.53. The molecule has 2 aromatic rings. The Bertz CT molecular complexity index is 544. The standard InChI is InChI=1S/C15H15NO/c1-11-7-6-10-14(12(11)2)15(16-17)13-8-4-3-5-9-13/h3-10,17H,1-2H3. The highest BCUT2D eigenvalue weighted by Crippen LogP contribution is 2.17. The Morgan fingerprint density at radius 2 is 1.65 bits per heavy atom. The molecule has 2 nitrogen and oxygen atoms in total. The highest BCUT2D eigenvalue weighted by atomic mass is 16.4. The van der Waals surface area contributed by atoms with Crippen LogP contribution < -0.4 is 0 Å². The van der Waals surface area contributed by atoms with Gasteiger partial charge >= 0.3 is 0 Å². The van der Waals surface area contributed by atoms with Gasteiger partial charge in [-0.05, 0) is 25.0 Å². The Balaban J connectivity index is 2.55. The lowest BCUT2D eigenvalue weighted by atomic mass is 9.95. The molecule has 0 saturated carbocycles. The van der Waals surface area contributed by atoms with Crippen LogP contribution in [0.3, 0.4) is 0 Å². The largest absolute Gasteiger partial charge is 0.410 e. The Labute approximate surface area is 101 Å². The SMILES string of the molecule is Cc1cccc(C(=NO)c2ccccc2)c1C. The van der Waals surface area contributed by atoms with Gasteiger partial charge in [-0.3, -0.25) is 0 Å². The van der Waals surface area contributed by atoms with Gasteiger partial charge < -0.3 is 5.21 Å². The van der Waals surface area contributed by atoms with Crippen LogP contribution >= 0.6 is 0 Å². The van der Waals surface area contributed by atoms with Crippen molar-refractivity contribution in [2.45, 2.75) is 13.8 Å². The fourth-order valence-corrected chi connectivity index (χ4v) is 1.87. The highest BCUT2D eigenvalue weighted by Gasteiger charge is 2.10. The van der Waals surface area contributed by atoms with Crippen LogP contribution in [0.4, 0.5) is 0 Å². The van der Waals surface area contributed by atoms with Crippen LogP contribution in [0.1, 0.15) is 22.3 Å². The van der Waals surface area contributed by atoms with E-state index in [2.05, 4.69) is 18.1 Å². The molecule has 17 heavy (non-hydrogen) atoms. The van der Waals surface area contributed by atoms with E-state index in [1.807, 2.05) is 49.4 Å². The fraction of sp³-hybridized carbons (Fsp3) is 0.133. The molecule has 2 heteroatoms. The number of hydrogen-bond donors (Lipinski definition) is 1. The molecule has 0 heterocycles. The van der Waals surface area contributed by atoms with Crippen molar-refractivity contribution in [1.29, 1.82) is 0 Å².